The number of rotatable bonds is 8. The van der Waals surface area contributed by atoms with E-state index >= 15 is 0 Å². The van der Waals surface area contributed by atoms with Gasteiger partial charge in [-0.1, -0.05) is 17.7 Å². The van der Waals surface area contributed by atoms with Crippen LogP contribution in [0.4, 0.5) is 0 Å². The van der Waals surface area contributed by atoms with Crippen LogP contribution in [0.2, 0.25) is 0 Å². The van der Waals surface area contributed by atoms with Crippen molar-refractivity contribution in [1.82, 2.24) is 4.72 Å². The van der Waals surface area contributed by atoms with Gasteiger partial charge in [0.05, 0.1) is 17.5 Å². The molecule has 0 saturated carbocycles. The van der Waals surface area contributed by atoms with Gasteiger partial charge >= 0.3 is 0 Å². The van der Waals surface area contributed by atoms with Gasteiger partial charge in [0.1, 0.15) is 0 Å². The molecule has 0 heterocycles. The third kappa shape index (κ3) is 5.72. The lowest BCUT2D eigenvalue weighted by Gasteiger charge is -2.28. The van der Waals surface area contributed by atoms with E-state index in [1.165, 1.54) is 19.1 Å². The zero-order valence-electron chi connectivity index (χ0n) is 12.5. The number of hydrogen-bond acceptors (Lipinski definition) is 4. The molecule has 0 radical (unpaired) electrons. The Morgan fingerprint density at radius 1 is 1.24 bits per heavy atom. The van der Waals surface area contributed by atoms with E-state index in [4.69, 9.17) is 0 Å². The lowest BCUT2D eigenvalue weighted by atomic mass is 10.0. The van der Waals surface area contributed by atoms with Crippen molar-refractivity contribution in [3.63, 3.8) is 0 Å². The molecule has 6 nitrogen and oxygen atoms in total. The number of nitrogens with one attached hydrogen (secondary N) is 1. The molecule has 1 atom stereocenters. The van der Waals surface area contributed by atoms with Crippen molar-refractivity contribution in [2.24, 2.45) is 0 Å². The van der Waals surface area contributed by atoms with Gasteiger partial charge < -0.3 is 15.9 Å². The van der Waals surface area contributed by atoms with Gasteiger partial charge in [-0.3, -0.25) is 0 Å². The molecule has 6 N–H and O–H groups in total. The number of quaternary nitrogens is 1. The van der Waals surface area contributed by atoms with Crippen molar-refractivity contribution in [1.29, 1.82) is 0 Å². The van der Waals surface area contributed by atoms with Gasteiger partial charge in [-0.2, -0.15) is 0 Å². The highest BCUT2D eigenvalue weighted by atomic mass is 32.2. The van der Waals surface area contributed by atoms with Crippen molar-refractivity contribution in [3.8, 4) is 0 Å². The summed E-state index contributed by atoms with van der Waals surface area (Å²) in [5.74, 6) is -2.11. The van der Waals surface area contributed by atoms with E-state index in [1.54, 1.807) is 12.1 Å². The zero-order valence-corrected chi connectivity index (χ0v) is 13.4. The number of hydrogen-bond donors (Lipinski definition) is 4. The van der Waals surface area contributed by atoms with Crippen LogP contribution in [0.1, 0.15) is 31.7 Å². The third-order valence-electron chi connectivity index (χ3n) is 3.28. The third-order valence-corrected chi connectivity index (χ3v) is 4.77. The van der Waals surface area contributed by atoms with Crippen molar-refractivity contribution in [2.75, 3.05) is 6.54 Å². The second kappa shape index (κ2) is 7.33. The van der Waals surface area contributed by atoms with E-state index in [0.717, 1.165) is 18.5 Å². The number of unbranched alkanes of at least 4 members (excludes halogenated alkanes) is 1. The van der Waals surface area contributed by atoms with Crippen LogP contribution in [-0.4, -0.2) is 37.0 Å². The highest BCUT2D eigenvalue weighted by Gasteiger charge is 2.32. The van der Waals surface area contributed by atoms with Gasteiger partial charge in [-0.25, -0.2) is 13.1 Å². The van der Waals surface area contributed by atoms with Crippen LogP contribution in [0.5, 0.6) is 0 Å². The Morgan fingerprint density at radius 2 is 1.81 bits per heavy atom. The molecular formula is C14H25N2O4S+. The van der Waals surface area contributed by atoms with Crippen LogP contribution < -0.4 is 10.5 Å². The summed E-state index contributed by atoms with van der Waals surface area (Å²) in [4.78, 5) is 0.111. The average Bonchev–Trinajstić information content (AvgIpc) is 2.37. The van der Waals surface area contributed by atoms with E-state index in [0.29, 0.717) is 12.8 Å². The van der Waals surface area contributed by atoms with E-state index < -0.39 is 21.9 Å². The number of aliphatic hydroxyl groups is 2. The molecule has 120 valence electrons. The van der Waals surface area contributed by atoms with Crippen molar-refractivity contribution >= 4 is 10.0 Å². The fourth-order valence-electron chi connectivity index (χ4n) is 1.94. The van der Waals surface area contributed by atoms with Crippen molar-refractivity contribution < 1.29 is 24.4 Å². The standard InChI is InChI=1S/C14H24N2O4S/c1-11-6-8-12(9-7-11)21(19,20)16-13(14(2,17)18)5-3-4-10-15/h6-9,13,16-18H,3-5,10,15H2,1-2H3/p+1/t13-/m0/s1. The van der Waals surface area contributed by atoms with E-state index in [9.17, 15) is 18.6 Å². The average molecular weight is 317 g/mol. The molecule has 0 spiro atoms. The first-order chi connectivity index (χ1) is 9.66. The Balaban J connectivity index is 2.88. The molecule has 0 aromatic heterocycles. The Hall–Kier alpha value is -0.990. The van der Waals surface area contributed by atoms with Gasteiger partial charge in [-0.05, 0) is 45.2 Å². The van der Waals surface area contributed by atoms with Gasteiger partial charge in [0, 0.05) is 0 Å². The van der Waals surface area contributed by atoms with Gasteiger partial charge in [0.2, 0.25) is 10.0 Å². The second-order valence-electron chi connectivity index (χ2n) is 5.43. The molecule has 7 heteroatoms. The summed E-state index contributed by atoms with van der Waals surface area (Å²) in [7, 11) is -3.78. The second-order valence-corrected chi connectivity index (χ2v) is 7.14. The molecule has 0 saturated heterocycles. The molecule has 1 rings (SSSR count). The maximum Gasteiger partial charge on any atom is 0.241 e. The van der Waals surface area contributed by atoms with E-state index in [1.807, 2.05) is 6.92 Å². The Bertz CT molecular complexity index is 535. The summed E-state index contributed by atoms with van der Waals surface area (Å²) >= 11 is 0. The first kappa shape index (κ1) is 18.1. The van der Waals surface area contributed by atoms with Crippen molar-refractivity contribution in [3.05, 3.63) is 29.8 Å². The fourth-order valence-corrected chi connectivity index (χ4v) is 3.29. The maximum absolute atomic E-state index is 12.3. The molecule has 0 amide bonds. The Kier molecular flexibility index (Phi) is 6.30. The summed E-state index contributed by atoms with van der Waals surface area (Å²) in [6.45, 7) is 3.77. The van der Waals surface area contributed by atoms with Crippen LogP contribution in [0.3, 0.4) is 0 Å². The van der Waals surface area contributed by atoms with Crippen LogP contribution in [-0.2, 0) is 10.0 Å². The largest absolute Gasteiger partial charge is 0.365 e. The normalized spacial score (nSPS) is 14.1. The summed E-state index contributed by atoms with van der Waals surface area (Å²) in [5.41, 5.74) is 4.67. The van der Waals surface area contributed by atoms with Crippen LogP contribution >= 0.6 is 0 Å². The SMILES string of the molecule is Cc1ccc(S(=O)(=O)N[C@@H](CCCC[NH3+])C(C)(O)O)cc1. The molecule has 0 unspecified atom stereocenters. The quantitative estimate of drug-likeness (QED) is 0.391. The summed E-state index contributed by atoms with van der Waals surface area (Å²) < 4.78 is 27.0. The molecular weight excluding hydrogens is 292 g/mol. The van der Waals surface area contributed by atoms with E-state index in [2.05, 4.69) is 10.5 Å². The minimum absolute atomic E-state index is 0.111. The number of aryl methyl sites for hydroxylation is 1. The number of benzene rings is 1. The lowest BCUT2D eigenvalue weighted by Crippen LogP contribution is -2.52. The molecule has 21 heavy (non-hydrogen) atoms. The highest BCUT2D eigenvalue weighted by molar-refractivity contribution is 7.89. The molecule has 1 aromatic rings. The molecule has 0 aliphatic rings. The zero-order chi connectivity index (χ0) is 16.1. The summed E-state index contributed by atoms with van der Waals surface area (Å²) in [6, 6.07) is 5.43. The monoisotopic (exact) mass is 317 g/mol. The fraction of sp³-hybridized carbons (Fsp3) is 0.571. The van der Waals surface area contributed by atoms with Crippen LogP contribution in [0, 0.1) is 6.92 Å². The highest BCUT2D eigenvalue weighted by Crippen LogP contribution is 2.17. The minimum Gasteiger partial charge on any atom is -0.365 e. The Morgan fingerprint density at radius 3 is 2.29 bits per heavy atom. The number of sulfonamides is 1. The smallest absolute Gasteiger partial charge is 0.241 e. The maximum atomic E-state index is 12.3. The molecule has 0 aliphatic heterocycles. The molecule has 0 bridgehead atoms. The first-order valence-electron chi connectivity index (χ1n) is 7.00. The molecule has 1 aromatic carbocycles. The first-order valence-corrected chi connectivity index (χ1v) is 8.48. The van der Waals surface area contributed by atoms with Gasteiger partial charge in [-0.15, -0.1) is 0 Å². The predicted octanol–water partition coefficient (Wildman–Crippen LogP) is -0.245. The van der Waals surface area contributed by atoms with Crippen molar-refractivity contribution in [2.45, 2.75) is 49.8 Å². The summed E-state index contributed by atoms with van der Waals surface area (Å²) in [5, 5.41) is 19.5. The Labute approximate surface area is 126 Å². The minimum atomic E-state index is -3.78. The molecule has 0 fully saturated rings. The van der Waals surface area contributed by atoms with Gasteiger partial charge in [0.25, 0.3) is 0 Å². The van der Waals surface area contributed by atoms with Gasteiger partial charge in [0.15, 0.2) is 5.79 Å². The lowest BCUT2D eigenvalue weighted by molar-refractivity contribution is -0.368. The predicted molar refractivity (Wildman–Crippen MR) is 79.7 cm³/mol. The van der Waals surface area contributed by atoms with Crippen LogP contribution in [0.15, 0.2) is 29.2 Å². The molecule has 0 aliphatic carbocycles. The van der Waals surface area contributed by atoms with E-state index in [-0.39, 0.29) is 4.90 Å². The topological polar surface area (TPSA) is 114 Å². The summed E-state index contributed by atoms with van der Waals surface area (Å²) in [6.07, 6.45) is 1.81. The van der Waals surface area contributed by atoms with Crippen LogP contribution in [0.25, 0.3) is 0 Å².